The molecule has 0 aromatic heterocycles. The van der Waals surface area contributed by atoms with E-state index in [1.165, 1.54) is 61.0 Å². The van der Waals surface area contributed by atoms with Gasteiger partial charge in [0.2, 0.25) is 0 Å². The molecule has 0 saturated heterocycles. The van der Waals surface area contributed by atoms with Crippen LogP contribution in [-0.2, 0) is 12.8 Å². The molecule has 16 heavy (non-hydrogen) atoms. The van der Waals surface area contributed by atoms with E-state index in [2.05, 4.69) is 30.3 Å². The maximum Gasteiger partial charge on any atom is 0.0708 e. The zero-order valence-electron chi connectivity index (χ0n) is 9.58. The average Bonchev–Trinajstić information content (AvgIpc) is 2.47. The maximum absolute atomic E-state index is 4.79. The third kappa shape index (κ3) is 1.71. The minimum absolute atomic E-state index is 1.17. The van der Waals surface area contributed by atoms with E-state index < -0.39 is 0 Å². The Labute approximate surface area is 96.9 Å². The first-order chi connectivity index (χ1) is 7.95. The van der Waals surface area contributed by atoms with Crippen molar-refractivity contribution in [2.45, 2.75) is 38.5 Å². The van der Waals surface area contributed by atoms with Crippen molar-refractivity contribution < 1.29 is 0 Å². The van der Waals surface area contributed by atoms with Gasteiger partial charge in [0.05, 0.1) is 5.69 Å². The Morgan fingerprint density at radius 2 is 1.62 bits per heavy atom. The molecule has 1 heteroatoms. The second kappa shape index (κ2) is 4.25. The second-order valence-corrected chi connectivity index (χ2v) is 4.66. The van der Waals surface area contributed by atoms with Crippen LogP contribution in [0.5, 0.6) is 0 Å². The van der Waals surface area contributed by atoms with Crippen molar-refractivity contribution in [3.8, 4) is 11.3 Å². The first kappa shape index (κ1) is 9.83. The number of fused-ring (bicyclic) bond motifs is 3. The van der Waals surface area contributed by atoms with Crippen LogP contribution < -0.4 is 0 Å². The smallest absolute Gasteiger partial charge is 0.0708 e. The van der Waals surface area contributed by atoms with Crippen molar-refractivity contribution in [3.63, 3.8) is 0 Å². The fourth-order valence-electron chi connectivity index (χ4n) is 2.69. The molecule has 1 heterocycles. The van der Waals surface area contributed by atoms with Gasteiger partial charge in [0.1, 0.15) is 0 Å². The standard InChI is InChI=1S/C15H17N/c1-2-6-10-14-12(8-4-1)13-9-5-3-7-11-15(13)16-14/h3,5,7,9,11H,1-2,4,6,8,10H2. The first-order valence-corrected chi connectivity index (χ1v) is 6.32. The molecule has 0 aromatic carbocycles. The maximum atomic E-state index is 4.79. The van der Waals surface area contributed by atoms with Crippen LogP contribution in [0, 0.1) is 0 Å². The Balaban J connectivity index is 2.13. The summed E-state index contributed by atoms with van der Waals surface area (Å²) in [4.78, 5) is 4.79. The molecule has 1 aliphatic heterocycles. The molecule has 0 atom stereocenters. The molecular weight excluding hydrogens is 194 g/mol. The van der Waals surface area contributed by atoms with Gasteiger partial charge in [0.25, 0.3) is 0 Å². The van der Waals surface area contributed by atoms with Crippen molar-refractivity contribution in [1.82, 2.24) is 4.98 Å². The zero-order valence-corrected chi connectivity index (χ0v) is 9.58. The summed E-state index contributed by atoms with van der Waals surface area (Å²) in [6, 6.07) is 10.7. The van der Waals surface area contributed by atoms with Gasteiger partial charge in [-0.05, 0) is 37.3 Å². The Hall–Kier alpha value is -1.37. The van der Waals surface area contributed by atoms with Crippen LogP contribution in [-0.4, -0.2) is 4.98 Å². The van der Waals surface area contributed by atoms with Gasteiger partial charge in [-0.2, -0.15) is 0 Å². The lowest BCUT2D eigenvalue weighted by Gasteiger charge is -2.08. The number of nitrogens with zero attached hydrogens (tertiary/aromatic N) is 1. The molecular formula is C15H17N. The topological polar surface area (TPSA) is 12.9 Å². The molecule has 2 aliphatic carbocycles. The zero-order chi connectivity index (χ0) is 10.8. The Morgan fingerprint density at radius 1 is 0.812 bits per heavy atom. The summed E-state index contributed by atoms with van der Waals surface area (Å²) >= 11 is 0. The second-order valence-electron chi connectivity index (χ2n) is 4.66. The summed E-state index contributed by atoms with van der Waals surface area (Å²) in [5.41, 5.74) is 5.44. The van der Waals surface area contributed by atoms with E-state index in [9.17, 15) is 0 Å². The lowest BCUT2D eigenvalue weighted by Crippen LogP contribution is -1.97. The van der Waals surface area contributed by atoms with Gasteiger partial charge in [-0.3, -0.25) is 4.98 Å². The average molecular weight is 211 g/mol. The normalized spacial score (nSPS) is 16.5. The molecule has 0 fully saturated rings. The van der Waals surface area contributed by atoms with Crippen molar-refractivity contribution in [3.05, 3.63) is 41.6 Å². The predicted octanol–water partition coefficient (Wildman–Crippen LogP) is 3.85. The van der Waals surface area contributed by atoms with E-state index in [0.29, 0.717) is 0 Å². The Morgan fingerprint density at radius 3 is 2.56 bits per heavy atom. The fourth-order valence-corrected chi connectivity index (χ4v) is 2.69. The molecule has 0 saturated carbocycles. The summed E-state index contributed by atoms with van der Waals surface area (Å²) in [6.45, 7) is 0. The lowest BCUT2D eigenvalue weighted by atomic mass is 9.96. The van der Waals surface area contributed by atoms with Gasteiger partial charge in [-0.15, -0.1) is 0 Å². The number of aromatic nitrogens is 1. The Kier molecular flexibility index (Phi) is 2.61. The molecule has 3 rings (SSSR count). The summed E-state index contributed by atoms with van der Waals surface area (Å²) in [5, 5.41) is 0. The molecule has 0 spiro atoms. The van der Waals surface area contributed by atoms with E-state index in [-0.39, 0.29) is 0 Å². The monoisotopic (exact) mass is 211 g/mol. The van der Waals surface area contributed by atoms with Crippen molar-refractivity contribution in [2.75, 3.05) is 0 Å². The highest BCUT2D eigenvalue weighted by atomic mass is 14.7. The summed E-state index contributed by atoms with van der Waals surface area (Å²) in [7, 11) is 0. The van der Waals surface area contributed by atoms with Crippen LogP contribution in [0.25, 0.3) is 11.3 Å². The summed E-state index contributed by atoms with van der Waals surface area (Å²) < 4.78 is 0. The Bertz CT molecular complexity index is 461. The highest BCUT2D eigenvalue weighted by molar-refractivity contribution is 5.67. The van der Waals surface area contributed by atoms with Crippen LogP contribution in [0.4, 0.5) is 0 Å². The molecule has 0 aromatic rings. The van der Waals surface area contributed by atoms with Gasteiger partial charge in [-0.1, -0.05) is 37.1 Å². The molecule has 0 unspecified atom stereocenters. The van der Waals surface area contributed by atoms with Crippen LogP contribution in [0.2, 0.25) is 0 Å². The SMILES string of the molecule is c1ccc2nc3c(c-2cc1)CCCCCC3. The molecule has 3 aliphatic rings. The number of hydrogen-bond donors (Lipinski definition) is 0. The molecule has 82 valence electrons. The van der Waals surface area contributed by atoms with Gasteiger partial charge >= 0.3 is 0 Å². The summed E-state index contributed by atoms with van der Waals surface area (Å²) in [5.74, 6) is 0. The van der Waals surface area contributed by atoms with Crippen LogP contribution in [0.15, 0.2) is 30.3 Å². The van der Waals surface area contributed by atoms with E-state index in [1.807, 2.05) is 0 Å². The number of aryl methyl sites for hydroxylation is 1. The van der Waals surface area contributed by atoms with Crippen LogP contribution in [0.1, 0.15) is 36.9 Å². The van der Waals surface area contributed by atoms with Crippen molar-refractivity contribution in [1.29, 1.82) is 0 Å². The lowest BCUT2D eigenvalue weighted by molar-refractivity contribution is 0.614. The predicted molar refractivity (Wildman–Crippen MR) is 66.7 cm³/mol. The van der Waals surface area contributed by atoms with E-state index in [4.69, 9.17) is 4.98 Å². The third-order valence-corrected chi connectivity index (χ3v) is 3.53. The van der Waals surface area contributed by atoms with Gasteiger partial charge in [-0.25, -0.2) is 0 Å². The molecule has 0 N–H and O–H groups in total. The molecule has 0 bridgehead atoms. The van der Waals surface area contributed by atoms with E-state index >= 15 is 0 Å². The molecule has 0 amide bonds. The van der Waals surface area contributed by atoms with E-state index in [0.717, 1.165) is 0 Å². The number of hydrogen-bond acceptors (Lipinski definition) is 1. The fraction of sp³-hybridized carbons (Fsp3) is 0.400. The largest absolute Gasteiger partial charge is 0.253 e. The van der Waals surface area contributed by atoms with Gasteiger partial charge < -0.3 is 0 Å². The highest BCUT2D eigenvalue weighted by Crippen LogP contribution is 2.31. The third-order valence-electron chi connectivity index (χ3n) is 3.53. The first-order valence-electron chi connectivity index (χ1n) is 6.32. The minimum Gasteiger partial charge on any atom is -0.253 e. The molecule has 1 nitrogen and oxygen atoms in total. The minimum atomic E-state index is 1.17. The van der Waals surface area contributed by atoms with Crippen LogP contribution in [0.3, 0.4) is 0 Å². The van der Waals surface area contributed by atoms with E-state index in [1.54, 1.807) is 0 Å². The van der Waals surface area contributed by atoms with Crippen molar-refractivity contribution in [2.24, 2.45) is 0 Å². The van der Waals surface area contributed by atoms with Crippen molar-refractivity contribution >= 4 is 0 Å². The summed E-state index contributed by atoms with van der Waals surface area (Å²) in [6.07, 6.45) is 7.78. The van der Waals surface area contributed by atoms with Gasteiger partial charge in [0.15, 0.2) is 0 Å². The van der Waals surface area contributed by atoms with Crippen LogP contribution >= 0.6 is 0 Å². The quantitative estimate of drug-likeness (QED) is 0.645. The molecule has 0 radical (unpaired) electrons. The highest BCUT2D eigenvalue weighted by Gasteiger charge is 2.17. The number of rotatable bonds is 0. The van der Waals surface area contributed by atoms with Gasteiger partial charge in [0, 0.05) is 11.3 Å².